The quantitative estimate of drug-likeness (QED) is 0.701. The average Bonchev–Trinajstić information content (AvgIpc) is 2.54. The van der Waals surface area contributed by atoms with Gasteiger partial charge in [-0.2, -0.15) is 0 Å². The van der Waals surface area contributed by atoms with Crippen LogP contribution in [-0.2, 0) is 0 Å². The van der Waals surface area contributed by atoms with Crippen molar-refractivity contribution in [3.63, 3.8) is 0 Å². The third-order valence-corrected chi connectivity index (χ3v) is 4.27. The summed E-state index contributed by atoms with van der Waals surface area (Å²) in [5.41, 5.74) is 5.27. The van der Waals surface area contributed by atoms with E-state index in [-0.39, 0.29) is 0 Å². The van der Waals surface area contributed by atoms with Gasteiger partial charge in [-0.05, 0) is 53.9 Å². The Balaban J connectivity index is 2.14. The van der Waals surface area contributed by atoms with Gasteiger partial charge in [0.05, 0.1) is 0 Å². The molecule has 0 heterocycles. The van der Waals surface area contributed by atoms with Crippen LogP contribution in [-0.4, -0.2) is 7.05 Å². The number of aryl methyl sites for hydroxylation is 1. The number of hydrogen-bond acceptors (Lipinski definition) is 1. The van der Waals surface area contributed by atoms with Gasteiger partial charge < -0.3 is 5.32 Å². The summed E-state index contributed by atoms with van der Waals surface area (Å²) < 4.78 is 0. The highest BCUT2D eigenvalue weighted by Gasteiger charge is 2.08. The molecule has 0 aliphatic carbocycles. The van der Waals surface area contributed by atoms with Gasteiger partial charge in [0.15, 0.2) is 0 Å². The molecule has 1 unspecified atom stereocenters. The molecule has 0 aliphatic heterocycles. The van der Waals surface area contributed by atoms with Crippen molar-refractivity contribution in [2.45, 2.75) is 19.9 Å². The Hall–Kier alpha value is -2.12. The van der Waals surface area contributed by atoms with Crippen molar-refractivity contribution in [2.75, 3.05) is 7.05 Å². The van der Waals surface area contributed by atoms with E-state index >= 15 is 0 Å². The van der Waals surface area contributed by atoms with Crippen LogP contribution in [0.3, 0.4) is 0 Å². The first kappa shape index (κ1) is 13.8. The molecule has 3 aromatic carbocycles. The minimum absolute atomic E-state index is 0.382. The van der Waals surface area contributed by atoms with Crippen molar-refractivity contribution in [3.8, 4) is 11.1 Å². The van der Waals surface area contributed by atoms with Gasteiger partial charge in [0.25, 0.3) is 0 Å². The second-order valence-electron chi connectivity index (χ2n) is 5.61. The lowest BCUT2D eigenvalue weighted by molar-refractivity contribution is 0.652. The van der Waals surface area contributed by atoms with Gasteiger partial charge in [-0.3, -0.25) is 0 Å². The van der Waals surface area contributed by atoms with Crippen molar-refractivity contribution >= 4 is 10.8 Å². The predicted octanol–water partition coefficient (Wildman–Crippen LogP) is 5.10. The molecular formula is C20H21N. The Morgan fingerprint density at radius 3 is 2.29 bits per heavy atom. The molecule has 1 N–H and O–H groups in total. The maximum atomic E-state index is 3.28. The van der Waals surface area contributed by atoms with E-state index in [4.69, 9.17) is 0 Å². The van der Waals surface area contributed by atoms with Gasteiger partial charge in [0, 0.05) is 6.04 Å². The standard InChI is InChI=1S/C20H21N/c1-14-8-9-17-6-4-5-7-19(17)20(14)18-12-10-16(11-13-18)15(2)21-3/h4-13,15,21H,1-3H3. The molecule has 106 valence electrons. The number of fused-ring (bicyclic) bond motifs is 1. The fraction of sp³-hybridized carbons (Fsp3) is 0.200. The molecule has 3 aromatic rings. The lowest BCUT2D eigenvalue weighted by Gasteiger charge is -2.14. The maximum absolute atomic E-state index is 3.28. The van der Waals surface area contributed by atoms with E-state index in [1.165, 1.54) is 33.0 Å². The van der Waals surface area contributed by atoms with Gasteiger partial charge >= 0.3 is 0 Å². The molecular weight excluding hydrogens is 254 g/mol. The van der Waals surface area contributed by atoms with Gasteiger partial charge in [0.1, 0.15) is 0 Å². The number of rotatable bonds is 3. The lowest BCUT2D eigenvalue weighted by Crippen LogP contribution is -2.11. The van der Waals surface area contributed by atoms with E-state index < -0.39 is 0 Å². The van der Waals surface area contributed by atoms with Gasteiger partial charge in [-0.25, -0.2) is 0 Å². The first-order chi connectivity index (χ1) is 10.2. The Labute approximate surface area is 126 Å². The summed E-state index contributed by atoms with van der Waals surface area (Å²) >= 11 is 0. The molecule has 1 heteroatoms. The summed E-state index contributed by atoms with van der Waals surface area (Å²) in [6.45, 7) is 4.37. The molecule has 0 saturated carbocycles. The highest BCUT2D eigenvalue weighted by molar-refractivity contribution is 5.98. The van der Waals surface area contributed by atoms with E-state index in [2.05, 4.69) is 79.8 Å². The Bertz CT molecular complexity index is 756. The monoisotopic (exact) mass is 275 g/mol. The van der Waals surface area contributed by atoms with Gasteiger partial charge in [-0.1, -0.05) is 60.7 Å². The topological polar surface area (TPSA) is 12.0 Å². The first-order valence-corrected chi connectivity index (χ1v) is 7.46. The summed E-state index contributed by atoms with van der Waals surface area (Å²) in [7, 11) is 1.99. The molecule has 0 fully saturated rings. The Morgan fingerprint density at radius 2 is 1.57 bits per heavy atom. The van der Waals surface area contributed by atoms with E-state index in [0.717, 1.165) is 0 Å². The molecule has 21 heavy (non-hydrogen) atoms. The molecule has 0 bridgehead atoms. The summed E-state index contributed by atoms with van der Waals surface area (Å²) in [5, 5.41) is 5.90. The number of hydrogen-bond donors (Lipinski definition) is 1. The van der Waals surface area contributed by atoms with Crippen LogP contribution in [0.25, 0.3) is 21.9 Å². The predicted molar refractivity (Wildman–Crippen MR) is 91.6 cm³/mol. The summed E-state index contributed by atoms with van der Waals surface area (Å²) in [5.74, 6) is 0. The SMILES string of the molecule is CNC(C)c1ccc(-c2c(C)ccc3ccccc23)cc1. The lowest BCUT2D eigenvalue weighted by atomic mass is 9.93. The Morgan fingerprint density at radius 1 is 0.857 bits per heavy atom. The van der Waals surface area contributed by atoms with Gasteiger partial charge in [-0.15, -0.1) is 0 Å². The van der Waals surface area contributed by atoms with Crippen LogP contribution in [0.5, 0.6) is 0 Å². The second kappa shape index (κ2) is 5.71. The minimum Gasteiger partial charge on any atom is -0.313 e. The van der Waals surface area contributed by atoms with Crippen molar-refractivity contribution in [2.24, 2.45) is 0 Å². The molecule has 0 aliphatic rings. The number of benzene rings is 3. The minimum atomic E-state index is 0.382. The van der Waals surface area contributed by atoms with Crippen LogP contribution in [0, 0.1) is 6.92 Å². The van der Waals surface area contributed by atoms with Crippen LogP contribution in [0.1, 0.15) is 24.1 Å². The highest BCUT2D eigenvalue weighted by atomic mass is 14.8. The molecule has 0 aromatic heterocycles. The van der Waals surface area contributed by atoms with E-state index in [9.17, 15) is 0 Å². The van der Waals surface area contributed by atoms with E-state index in [1.807, 2.05) is 7.05 Å². The molecule has 3 rings (SSSR count). The Kier molecular flexibility index (Phi) is 3.76. The summed E-state index contributed by atoms with van der Waals surface area (Å²) in [6, 6.07) is 22.3. The van der Waals surface area contributed by atoms with Crippen LogP contribution >= 0.6 is 0 Å². The first-order valence-electron chi connectivity index (χ1n) is 7.46. The van der Waals surface area contributed by atoms with Crippen LogP contribution in [0.2, 0.25) is 0 Å². The van der Waals surface area contributed by atoms with Gasteiger partial charge in [0.2, 0.25) is 0 Å². The fourth-order valence-electron chi connectivity index (χ4n) is 2.87. The summed E-state index contributed by atoms with van der Waals surface area (Å²) in [6.07, 6.45) is 0. The molecule has 0 spiro atoms. The third kappa shape index (κ3) is 2.57. The number of nitrogens with one attached hydrogen (secondary N) is 1. The molecule has 1 nitrogen and oxygen atoms in total. The summed E-state index contributed by atoms with van der Waals surface area (Å²) in [4.78, 5) is 0. The van der Waals surface area contributed by atoms with Crippen LogP contribution in [0.4, 0.5) is 0 Å². The third-order valence-electron chi connectivity index (χ3n) is 4.27. The molecule has 0 amide bonds. The molecule has 1 atom stereocenters. The van der Waals surface area contributed by atoms with Crippen molar-refractivity contribution in [1.82, 2.24) is 5.32 Å². The van der Waals surface area contributed by atoms with E-state index in [1.54, 1.807) is 0 Å². The van der Waals surface area contributed by atoms with Crippen molar-refractivity contribution < 1.29 is 0 Å². The molecule has 0 saturated heterocycles. The fourth-order valence-corrected chi connectivity index (χ4v) is 2.87. The van der Waals surface area contributed by atoms with E-state index in [0.29, 0.717) is 6.04 Å². The maximum Gasteiger partial charge on any atom is 0.0289 e. The van der Waals surface area contributed by atoms with Crippen molar-refractivity contribution in [3.05, 3.63) is 71.8 Å². The normalized spacial score (nSPS) is 12.5. The van der Waals surface area contributed by atoms with Crippen LogP contribution < -0.4 is 5.32 Å². The molecule has 0 radical (unpaired) electrons. The zero-order valence-electron chi connectivity index (χ0n) is 12.9. The largest absolute Gasteiger partial charge is 0.313 e. The smallest absolute Gasteiger partial charge is 0.0289 e. The zero-order valence-corrected chi connectivity index (χ0v) is 12.9. The van der Waals surface area contributed by atoms with Crippen molar-refractivity contribution in [1.29, 1.82) is 0 Å². The zero-order chi connectivity index (χ0) is 14.8. The second-order valence-corrected chi connectivity index (χ2v) is 5.61. The highest BCUT2D eigenvalue weighted by Crippen LogP contribution is 2.32. The van der Waals surface area contributed by atoms with Crippen LogP contribution in [0.15, 0.2) is 60.7 Å². The average molecular weight is 275 g/mol.